The normalized spacial score (nSPS) is 22.3. The van der Waals surface area contributed by atoms with Gasteiger partial charge in [0, 0.05) is 19.1 Å². The quantitative estimate of drug-likeness (QED) is 0.624. The number of sulfonamides is 1. The number of amides is 1. The summed E-state index contributed by atoms with van der Waals surface area (Å²) in [5, 5.41) is 2.97. The van der Waals surface area contributed by atoms with Crippen LogP contribution in [0.25, 0.3) is 11.1 Å². The summed E-state index contributed by atoms with van der Waals surface area (Å²) in [4.78, 5) is 16.6. The number of benzene rings is 1. The summed E-state index contributed by atoms with van der Waals surface area (Å²) in [6.45, 7) is 1.05. The van der Waals surface area contributed by atoms with E-state index in [1.54, 1.807) is 6.07 Å². The number of hydrogen-bond donors (Lipinski definition) is 1. The van der Waals surface area contributed by atoms with E-state index in [2.05, 4.69) is 10.3 Å². The molecule has 0 radical (unpaired) electrons. The summed E-state index contributed by atoms with van der Waals surface area (Å²) in [5.74, 6) is -0.195. The maximum atomic E-state index is 12.8. The maximum absolute atomic E-state index is 12.8. The van der Waals surface area contributed by atoms with Crippen LogP contribution in [0.1, 0.15) is 25.7 Å². The Kier molecular flexibility index (Phi) is 6.11. The maximum Gasteiger partial charge on any atom is 0.257 e. The molecule has 0 unspecified atom stereocenters. The lowest BCUT2D eigenvalue weighted by atomic mass is 10.2. The third kappa shape index (κ3) is 4.82. The predicted molar refractivity (Wildman–Crippen MR) is 113 cm³/mol. The third-order valence-corrected chi connectivity index (χ3v) is 9.71. The van der Waals surface area contributed by atoms with E-state index in [9.17, 15) is 21.6 Å². The van der Waals surface area contributed by atoms with Crippen LogP contribution in [0, 0.1) is 0 Å². The van der Waals surface area contributed by atoms with E-state index in [1.165, 1.54) is 16.4 Å². The van der Waals surface area contributed by atoms with Gasteiger partial charge in [-0.15, -0.1) is 0 Å². The fourth-order valence-electron chi connectivity index (χ4n) is 3.67. The number of rotatable bonds is 6. The van der Waals surface area contributed by atoms with Gasteiger partial charge in [-0.2, -0.15) is 4.31 Å². The second kappa shape index (κ2) is 8.48. The van der Waals surface area contributed by atoms with Gasteiger partial charge in [-0.3, -0.25) is 4.79 Å². The highest BCUT2D eigenvalue weighted by atomic mass is 32.2. The number of nitrogens with one attached hydrogen (secondary N) is 1. The largest absolute Gasteiger partial charge is 0.431 e. The second-order valence-electron chi connectivity index (χ2n) is 7.53. The highest BCUT2D eigenvalue weighted by molar-refractivity contribution is 7.99. The van der Waals surface area contributed by atoms with E-state index < -0.39 is 19.9 Å². The molecule has 1 aromatic carbocycles. The summed E-state index contributed by atoms with van der Waals surface area (Å²) in [5.41, 5.74) is 0.857. The van der Waals surface area contributed by atoms with Crippen molar-refractivity contribution in [3.05, 3.63) is 18.2 Å². The van der Waals surface area contributed by atoms with Crippen molar-refractivity contribution in [3.63, 3.8) is 0 Å². The van der Waals surface area contributed by atoms with Crippen LogP contribution < -0.4 is 5.32 Å². The molecule has 1 atom stereocenters. The minimum Gasteiger partial charge on any atom is -0.431 e. The second-order valence-corrected chi connectivity index (χ2v) is 12.6. The van der Waals surface area contributed by atoms with Crippen LogP contribution in [0.3, 0.4) is 0 Å². The standard InChI is InChI=1S/C18H23N3O6S3/c22-17(19-13-6-9-29(23,24)12-13)11-28-18-20-15-10-14(4-5-16(15)27-18)30(25,26)21-7-2-1-3-8-21/h4-5,10,13H,1-3,6-9,11-12H2,(H,19,22)/t13-/m1/s1. The van der Waals surface area contributed by atoms with Crippen molar-refractivity contribution in [1.82, 2.24) is 14.6 Å². The smallest absolute Gasteiger partial charge is 0.257 e. The van der Waals surface area contributed by atoms with Gasteiger partial charge in [-0.05, 0) is 37.5 Å². The van der Waals surface area contributed by atoms with E-state index in [1.807, 2.05) is 0 Å². The number of hydrogen-bond acceptors (Lipinski definition) is 8. The molecule has 0 aliphatic carbocycles. The first-order chi connectivity index (χ1) is 14.2. The summed E-state index contributed by atoms with van der Waals surface area (Å²) in [7, 11) is -6.62. The highest BCUT2D eigenvalue weighted by Crippen LogP contribution is 2.27. The van der Waals surface area contributed by atoms with Crippen LogP contribution in [0.4, 0.5) is 0 Å². The lowest BCUT2D eigenvalue weighted by Crippen LogP contribution is -2.36. The highest BCUT2D eigenvalue weighted by Gasteiger charge is 2.29. The van der Waals surface area contributed by atoms with Gasteiger partial charge in [-0.25, -0.2) is 21.8 Å². The van der Waals surface area contributed by atoms with Gasteiger partial charge in [0.15, 0.2) is 15.4 Å². The third-order valence-electron chi connectivity index (χ3n) is 5.22. The fraction of sp³-hybridized carbons (Fsp3) is 0.556. The monoisotopic (exact) mass is 473 g/mol. The first-order valence-electron chi connectivity index (χ1n) is 9.76. The Labute approximate surface area is 179 Å². The van der Waals surface area contributed by atoms with Crippen molar-refractivity contribution >= 4 is 48.6 Å². The van der Waals surface area contributed by atoms with E-state index in [-0.39, 0.29) is 39.3 Å². The van der Waals surface area contributed by atoms with Gasteiger partial charge >= 0.3 is 0 Å². The molecule has 2 aromatic rings. The molecule has 1 amide bonds. The number of carbonyl (C=O) groups is 1. The Morgan fingerprint density at radius 3 is 2.73 bits per heavy atom. The molecule has 0 bridgehead atoms. The van der Waals surface area contributed by atoms with E-state index in [0.717, 1.165) is 31.0 Å². The Bertz CT molecular complexity index is 1150. The molecule has 2 fully saturated rings. The fourth-order valence-corrected chi connectivity index (χ4v) is 7.53. The zero-order valence-corrected chi connectivity index (χ0v) is 18.7. The molecule has 2 aliphatic heterocycles. The zero-order valence-electron chi connectivity index (χ0n) is 16.2. The van der Waals surface area contributed by atoms with Crippen molar-refractivity contribution in [2.45, 2.75) is 41.8 Å². The number of oxazole rings is 1. The molecule has 164 valence electrons. The number of thioether (sulfide) groups is 1. The average Bonchev–Trinajstić information content (AvgIpc) is 3.28. The molecule has 2 saturated heterocycles. The summed E-state index contributed by atoms with van der Waals surface area (Å²) in [6.07, 6.45) is 3.19. The van der Waals surface area contributed by atoms with Crippen LogP contribution >= 0.6 is 11.8 Å². The van der Waals surface area contributed by atoms with Gasteiger partial charge in [0.1, 0.15) is 5.52 Å². The van der Waals surface area contributed by atoms with Crippen LogP contribution in [0.2, 0.25) is 0 Å². The van der Waals surface area contributed by atoms with Crippen LogP contribution in [-0.2, 0) is 24.7 Å². The van der Waals surface area contributed by atoms with E-state index >= 15 is 0 Å². The van der Waals surface area contributed by atoms with Gasteiger partial charge in [0.05, 0.1) is 22.2 Å². The van der Waals surface area contributed by atoms with Crippen molar-refractivity contribution < 1.29 is 26.0 Å². The number of aromatic nitrogens is 1. The van der Waals surface area contributed by atoms with Crippen LogP contribution in [-0.4, -0.2) is 68.4 Å². The van der Waals surface area contributed by atoms with Gasteiger partial charge in [-0.1, -0.05) is 18.2 Å². The summed E-state index contributed by atoms with van der Waals surface area (Å²) in [6, 6.07) is 4.23. The molecule has 2 aliphatic rings. The van der Waals surface area contributed by atoms with Crippen molar-refractivity contribution in [2.24, 2.45) is 0 Å². The zero-order chi connectivity index (χ0) is 21.4. The molecule has 0 spiro atoms. The number of piperidine rings is 1. The number of fused-ring (bicyclic) bond motifs is 1. The predicted octanol–water partition coefficient (Wildman–Crippen LogP) is 1.40. The molecule has 1 aromatic heterocycles. The molecule has 1 N–H and O–H groups in total. The minimum atomic E-state index is -3.56. The minimum absolute atomic E-state index is 0.0272. The van der Waals surface area contributed by atoms with Crippen LogP contribution in [0.5, 0.6) is 0 Å². The Hall–Kier alpha value is -1.63. The first-order valence-corrected chi connectivity index (χ1v) is 14.0. The molecule has 0 saturated carbocycles. The lowest BCUT2D eigenvalue weighted by Gasteiger charge is -2.25. The Balaban J connectivity index is 1.40. The van der Waals surface area contributed by atoms with Gasteiger partial charge in [0.25, 0.3) is 5.22 Å². The number of sulfone groups is 1. The molecule has 9 nitrogen and oxygen atoms in total. The van der Waals surface area contributed by atoms with E-state index in [0.29, 0.717) is 30.6 Å². The topological polar surface area (TPSA) is 127 Å². The van der Waals surface area contributed by atoms with Crippen molar-refractivity contribution in [2.75, 3.05) is 30.3 Å². The molecule has 3 heterocycles. The molecule has 4 rings (SSSR count). The number of carbonyl (C=O) groups excluding carboxylic acids is 1. The molecular weight excluding hydrogens is 450 g/mol. The van der Waals surface area contributed by atoms with Crippen molar-refractivity contribution in [3.8, 4) is 0 Å². The average molecular weight is 474 g/mol. The van der Waals surface area contributed by atoms with Crippen LogP contribution in [0.15, 0.2) is 32.7 Å². The van der Waals surface area contributed by atoms with Crippen molar-refractivity contribution in [1.29, 1.82) is 0 Å². The summed E-state index contributed by atoms with van der Waals surface area (Å²) >= 11 is 1.08. The summed E-state index contributed by atoms with van der Waals surface area (Å²) < 4.78 is 55.7. The molecule has 12 heteroatoms. The number of nitrogens with zero attached hydrogens (tertiary/aromatic N) is 2. The SMILES string of the molecule is O=C(CSc1nc2cc(S(=O)(=O)N3CCCCC3)ccc2o1)N[C@@H]1CCS(=O)(=O)C1. The molecular formula is C18H23N3O6S3. The Morgan fingerprint density at radius 1 is 1.27 bits per heavy atom. The van der Waals surface area contributed by atoms with E-state index in [4.69, 9.17) is 4.42 Å². The Morgan fingerprint density at radius 2 is 2.03 bits per heavy atom. The van der Waals surface area contributed by atoms with Gasteiger partial charge in [0.2, 0.25) is 15.9 Å². The molecule has 30 heavy (non-hydrogen) atoms. The first kappa shape index (κ1) is 21.6. The van der Waals surface area contributed by atoms with Gasteiger partial charge < -0.3 is 9.73 Å². The lowest BCUT2D eigenvalue weighted by molar-refractivity contribution is -0.119.